The maximum Gasteiger partial charge on any atom is 0.252 e. The molecule has 2 aromatic heterocycles. The SMILES string of the molecule is C1CCCC1.Cc1cc2cn[nH]c2cc1C(=O)NC(C)c1cccc(-c2ccc(CN)s2)c1. The monoisotopic (exact) mass is 460 g/mol. The average Bonchev–Trinajstić information content (AvgIpc) is 3.61. The summed E-state index contributed by atoms with van der Waals surface area (Å²) in [5.41, 5.74) is 10.4. The lowest BCUT2D eigenvalue weighted by molar-refractivity contribution is 0.0939. The van der Waals surface area contributed by atoms with Gasteiger partial charge in [-0.2, -0.15) is 5.10 Å². The van der Waals surface area contributed by atoms with Crippen LogP contribution in [0, 0.1) is 6.92 Å². The van der Waals surface area contributed by atoms with E-state index in [1.54, 1.807) is 17.5 Å². The Morgan fingerprint density at radius 3 is 2.58 bits per heavy atom. The molecule has 1 aliphatic rings. The number of fused-ring (bicyclic) bond motifs is 1. The molecule has 4 N–H and O–H groups in total. The predicted molar refractivity (Wildman–Crippen MR) is 137 cm³/mol. The van der Waals surface area contributed by atoms with Gasteiger partial charge in [0.1, 0.15) is 0 Å². The molecule has 0 spiro atoms. The number of aryl methyl sites for hydroxylation is 1. The molecule has 172 valence electrons. The van der Waals surface area contributed by atoms with Crippen molar-refractivity contribution in [2.24, 2.45) is 5.73 Å². The van der Waals surface area contributed by atoms with Crippen molar-refractivity contribution >= 4 is 28.1 Å². The average molecular weight is 461 g/mol. The number of carbonyl (C=O) groups is 1. The zero-order valence-electron chi connectivity index (χ0n) is 19.4. The fourth-order valence-electron chi connectivity index (χ4n) is 4.20. The minimum absolute atomic E-state index is 0.0894. The van der Waals surface area contributed by atoms with Crippen LogP contribution in [0.2, 0.25) is 0 Å². The summed E-state index contributed by atoms with van der Waals surface area (Å²) in [7, 11) is 0. The summed E-state index contributed by atoms with van der Waals surface area (Å²) in [6, 6.07) is 16.2. The van der Waals surface area contributed by atoms with Gasteiger partial charge in [0.25, 0.3) is 5.91 Å². The smallest absolute Gasteiger partial charge is 0.252 e. The minimum Gasteiger partial charge on any atom is -0.346 e. The van der Waals surface area contributed by atoms with Gasteiger partial charge in [-0.25, -0.2) is 0 Å². The Bertz CT molecular complexity index is 1210. The zero-order valence-corrected chi connectivity index (χ0v) is 20.2. The van der Waals surface area contributed by atoms with Gasteiger partial charge in [-0.05, 0) is 60.9 Å². The zero-order chi connectivity index (χ0) is 23.2. The van der Waals surface area contributed by atoms with Crippen LogP contribution in [0.1, 0.15) is 71.4 Å². The summed E-state index contributed by atoms with van der Waals surface area (Å²) < 4.78 is 0. The van der Waals surface area contributed by atoms with Gasteiger partial charge in [0, 0.05) is 27.2 Å². The summed E-state index contributed by atoms with van der Waals surface area (Å²) in [5, 5.41) is 11.1. The van der Waals surface area contributed by atoms with E-state index >= 15 is 0 Å². The largest absolute Gasteiger partial charge is 0.346 e. The van der Waals surface area contributed by atoms with Crippen LogP contribution in [-0.4, -0.2) is 16.1 Å². The molecule has 0 aliphatic heterocycles. The Morgan fingerprint density at radius 2 is 1.88 bits per heavy atom. The van der Waals surface area contributed by atoms with Crippen LogP contribution in [0.3, 0.4) is 0 Å². The number of nitrogens with one attached hydrogen (secondary N) is 2. The van der Waals surface area contributed by atoms with Gasteiger partial charge in [-0.3, -0.25) is 9.89 Å². The summed E-state index contributed by atoms with van der Waals surface area (Å²) in [6.07, 6.45) is 9.26. The molecular weight excluding hydrogens is 428 g/mol. The van der Waals surface area contributed by atoms with Crippen LogP contribution < -0.4 is 11.1 Å². The van der Waals surface area contributed by atoms with Gasteiger partial charge in [0.2, 0.25) is 0 Å². The predicted octanol–water partition coefficient (Wildman–Crippen LogP) is 6.50. The highest BCUT2D eigenvalue weighted by Gasteiger charge is 2.15. The van der Waals surface area contributed by atoms with Gasteiger partial charge >= 0.3 is 0 Å². The molecule has 33 heavy (non-hydrogen) atoms. The number of thiophene rings is 1. The Labute approximate surface area is 199 Å². The van der Waals surface area contributed by atoms with Crippen molar-refractivity contribution in [2.45, 2.75) is 58.5 Å². The Hall–Kier alpha value is -2.96. The molecule has 1 saturated carbocycles. The van der Waals surface area contributed by atoms with Crippen LogP contribution in [0.4, 0.5) is 0 Å². The van der Waals surface area contributed by atoms with Crippen molar-refractivity contribution in [3.63, 3.8) is 0 Å². The van der Waals surface area contributed by atoms with Crippen molar-refractivity contribution in [3.8, 4) is 10.4 Å². The molecule has 6 heteroatoms. The van der Waals surface area contributed by atoms with E-state index in [4.69, 9.17) is 5.73 Å². The molecule has 1 aliphatic carbocycles. The van der Waals surface area contributed by atoms with Gasteiger partial charge in [0.05, 0.1) is 17.8 Å². The molecule has 4 aromatic rings. The highest BCUT2D eigenvalue weighted by Crippen LogP contribution is 2.30. The lowest BCUT2D eigenvalue weighted by Crippen LogP contribution is -2.27. The van der Waals surface area contributed by atoms with Gasteiger partial charge in [0.15, 0.2) is 0 Å². The van der Waals surface area contributed by atoms with Crippen molar-refractivity contribution < 1.29 is 4.79 Å². The molecule has 5 nitrogen and oxygen atoms in total. The van der Waals surface area contributed by atoms with Crippen molar-refractivity contribution in [3.05, 3.63) is 76.3 Å². The second-order valence-corrected chi connectivity index (χ2v) is 9.85. The third kappa shape index (κ3) is 5.70. The Kier molecular flexibility index (Phi) is 7.57. The highest BCUT2D eigenvalue weighted by atomic mass is 32.1. The molecule has 0 saturated heterocycles. The number of nitrogens with two attached hydrogens (primary N) is 1. The number of benzene rings is 2. The first-order chi connectivity index (χ1) is 16.0. The third-order valence-corrected chi connectivity index (χ3v) is 7.32. The minimum atomic E-state index is -0.113. The summed E-state index contributed by atoms with van der Waals surface area (Å²) in [4.78, 5) is 15.2. The number of amides is 1. The van der Waals surface area contributed by atoms with Crippen LogP contribution >= 0.6 is 11.3 Å². The van der Waals surface area contributed by atoms with Crippen molar-refractivity contribution in [1.29, 1.82) is 0 Å². The molecule has 1 fully saturated rings. The molecule has 1 unspecified atom stereocenters. The first-order valence-corrected chi connectivity index (χ1v) is 12.5. The highest BCUT2D eigenvalue weighted by molar-refractivity contribution is 7.15. The van der Waals surface area contributed by atoms with E-state index in [0.717, 1.165) is 32.5 Å². The van der Waals surface area contributed by atoms with Crippen molar-refractivity contribution in [1.82, 2.24) is 15.5 Å². The number of hydrogen-bond donors (Lipinski definition) is 3. The van der Waals surface area contributed by atoms with Gasteiger partial charge < -0.3 is 11.1 Å². The van der Waals surface area contributed by atoms with Crippen molar-refractivity contribution in [2.75, 3.05) is 0 Å². The quantitative estimate of drug-likeness (QED) is 0.318. The molecular formula is C27H32N4OS. The molecule has 1 amide bonds. The molecule has 2 heterocycles. The third-order valence-electron chi connectivity index (χ3n) is 6.16. The van der Waals surface area contributed by atoms with E-state index in [1.807, 2.05) is 38.1 Å². The summed E-state index contributed by atoms with van der Waals surface area (Å²) >= 11 is 1.70. The van der Waals surface area contributed by atoms with Crippen LogP contribution in [-0.2, 0) is 6.54 Å². The Balaban J connectivity index is 0.000000459. The number of aromatic amines is 1. The second kappa shape index (κ2) is 10.8. The molecule has 2 aromatic carbocycles. The summed E-state index contributed by atoms with van der Waals surface area (Å²) in [5.74, 6) is -0.0894. The van der Waals surface area contributed by atoms with Crippen LogP contribution in [0.15, 0.2) is 54.7 Å². The second-order valence-electron chi connectivity index (χ2n) is 8.68. The number of carbonyl (C=O) groups excluding carboxylic acids is 1. The lowest BCUT2D eigenvalue weighted by Gasteiger charge is -2.16. The van der Waals surface area contributed by atoms with E-state index in [1.165, 1.54) is 37.0 Å². The maximum absolute atomic E-state index is 12.9. The van der Waals surface area contributed by atoms with E-state index < -0.39 is 0 Å². The molecule has 0 bridgehead atoms. The maximum atomic E-state index is 12.9. The number of nitrogens with zero attached hydrogens (tertiary/aromatic N) is 1. The first kappa shape index (κ1) is 23.2. The summed E-state index contributed by atoms with van der Waals surface area (Å²) in [6.45, 7) is 4.50. The molecule has 5 rings (SSSR count). The Morgan fingerprint density at radius 1 is 1.12 bits per heavy atom. The normalized spacial score (nSPS) is 14.0. The first-order valence-electron chi connectivity index (χ1n) is 11.7. The number of aromatic nitrogens is 2. The molecule has 1 atom stereocenters. The topological polar surface area (TPSA) is 83.8 Å². The van der Waals surface area contributed by atoms with E-state index in [-0.39, 0.29) is 11.9 Å². The fraction of sp³-hybridized carbons (Fsp3) is 0.333. The number of H-pyrrole nitrogens is 1. The van der Waals surface area contributed by atoms with E-state index in [2.05, 4.69) is 39.8 Å². The lowest BCUT2D eigenvalue weighted by atomic mass is 10.0. The standard InChI is InChI=1S/C22H22N4OS.C5H10/c1-13-8-17-12-24-26-20(17)10-19(13)22(27)25-14(2)15-4-3-5-16(9-15)21-7-6-18(11-23)28-21;1-2-4-5-3-1/h3-10,12,14H,11,23H2,1-2H3,(H,24,26)(H,25,27);1-5H2. The van der Waals surface area contributed by atoms with E-state index in [9.17, 15) is 4.79 Å². The van der Waals surface area contributed by atoms with Gasteiger partial charge in [-0.15, -0.1) is 11.3 Å². The number of hydrogen-bond acceptors (Lipinski definition) is 4. The number of rotatable bonds is 5. The van der Waals surface area contributed by atoms with Gasteiger partial charge in [-0.1, -0.05) is 50.3 Å². The van der Waals surface area contributed by atoms with Crippen LogP contribution in [0.5, 0.6) is 0 Å². The fourth-order valence-corrected chi connectivity index (χ4v) is 5.08. The molecule has 0 radical (unpaired) electrons. The van der Waals surface area contributed by atoms with Crippen LogP contribution in [0.25, 0.3) is 21.3 Å². The van der Waals surface area contributed by atoms with E-state index in [0.29, 0.717) is 12.1 Å².